The summed E-state index contributed by atoms with van der Waals surface area (Å²) < 4.78 is 43.8. The van der Waals surface area contributed by atoms with Crippen LogP contribution in [0.2, 0.25) is 0 Å². The predicted molar refractivity (Wildman–Crippen MR) is 92.2 cm³/mol. The topological polar surface area (TPSA) is 92.8 Å². The lowest BCUT2D eigenvalue weighted by Gasteiger charge is -2.35. The fraction of sp³-hybridized carbons (Fsp3) is 0.529. The van der Waals surface area contributed by atoms with E-state index in [4.69, 9.17) is 4.74 Å². The Kier molecular flexibility index (Phi) is 7.10. The number of benzene rings is 1. The van der Waals surface area contributed by atoms with Crippen LogP contribution >= 0.6 is 0 Å². The van der Waals surface area contributed by atoms with Crippen molar-refractivity contribution in [3.63, 3.8) is 0 Å². The number of hydrogen-bond acceptors (Lipinski definition) is 5. The van der Waals surface area contributed by atoms with Crippen LogP contribution in [0.15, 0.2) is 29.2 Å². The second kappa shape index (κ2) is 9.09. The first kappa shape index (κ1) is 20.3. The number of piperidine rings is 1. The van der Waals surface area contributed by atoms with Crippen LogP contribution in [-0.2, 0) is 24.3 Å². The minimum absolute atomic E-state index is 0.159. The summed E-state index contributed by atoms with van der Waals surface area (Å²) >= 11 is 0. The van der Waals surface area contributed by atoms with E-state index in [9.17, 15) is 22.4 Å². The number of nitrogens with zero attached hydrogens (tertiary/aromatic N) is 1. The SMILES string of the molecule is CC[C@@H]1CCCCN1C(=O)COC(=O)CNS(=O)(=O)c1ccc(F)cc1. The molecule has 144 valence electrons. The zero-order valence-corrected chi connectivity index (χ0v) is 15.4. The number of sulfonamides is 1. The molecule has 1 amide bonds. The summed E-state index contributed by atoms with van der Waals surface area (Å²) in [6.07, 6.45) is 3.78. The molecule has 1 aliphatic rings. The van der Waals surface area contributed by atoms with E-state index < -0.39 is 35.0 Å². The van der Waals surface area contributed by atoms with Gasteiger partial charge >= 0.3 is 5.97 Å². The number of carbonyl (C=O) groups excluding carboxylic acids is 2. The molecule has 0 aromatic heterocycles. The summed E-state index contributed by atoms with van der Waals surface area (Å²) in [5.74, 6) is -1.69. The van der Waals surface area contributed by atoms with Crippen LogP contribution < -0.4 is 4.72 Å². The third kappa shape index (κ3) is 5.50. The Hall–Kier alpha value is -2.00. The summed E-state index contributed by atoms with van der Waals surface area (Å²) in [4.78, 5) is 25.5. The highest BCUT2D eigenvalue weighted by Gasteiger charge is 2.26. The monoisotopic (exact) mass is 386 g/mol. The molecular formula is C17H23FN2O5S. The van der Waals surface area contributed by atoms with Gasteiger partial charge in [0.05, 0.1) is 4.90 Å². The van der Waals surface area contributed by atoms with Crippen LogP contribution in [0, 0.1) is 5.82 Å². The maximum atomic E-state index is 12.8. The highest BCUT2D eigenvalue weighted by Crippen LogP contribution is 2.19. The normalized spacial score (nSPS) is 17.8. The van der Waals surface area contributed by atoms with E-state index in [1.807, 2.05) is 6.92 Å². The third-order valence-corrected chi connectivity index (χ3v) is 5.72. The molecule has 1 fully saturated rings. The molecule has 0 unspecified atom stereocenters. The standard InChI is InChI=1S/C17H23FN2O5S/c1-2-14-5-3-4-10-20(14)16(21)12-25-17(22)11-19-26(23,24)15-8-6-13(18)7-9-15/h6-9,14,19H,2-5,10-12H2,1H3/t14-/m1/s1. The molecule has 1 N–H and O–H groups in total. The summed E-state index contributed by atoms with van der Waals surface area (Å²) in [6, 6.07) is 4.36. The number of ether oxygens (including phenoxy) is 1. The lowest BCUT2D eigenvalue weighted by Crippen LogP contribution is -2.45. The molecule has 0 aliphatic carbocycles. The first-order valence-electron chi connectivity index (χ1n) is 8.54. The van der Waals surface area contributed by atoms with E-state index in [0.717, 1.165) is 49.9 Å². The summed E-state index contributed by atoms with van der Waals surface area (Å²) in [7, 11) is -3.96. The minimum Gasteiger partial charge on any atom is -0.455 e. The number of carbonyl (C=O) groups is 2. The molecule has 7 nitrogen and oxygen atoms in total. The van der Waals surface area contributed by atoms with E-state index in [0.29, 0.717) is 6.54 Å². The Morgan fingerprint density at radius 3 is 2.62 bits per heavy atom. The molecule has 0 saturated carbocycles. The second-order valence-corrected chi connectivity index (χ2v) is 7.85. The van der Waals surface area contributed by atoms with Crippen LogP contribution in [0.3, 0.4) is 0 Å². The lowest BCUT2D eigenvalue weighted by molar-refractivity contribution is -0.152. The molecule has 1 aromatic rings. The number of rotatable bonds is 7. The third-order valence-electron chi connectivity index (χ3n) is 4.31. The van der Waals surface area contributed by atoms with E-state index in [1.165, 1.54) is 0 Å². The molecule has 0 bridgehead atoms. The molecule has 1 aliphatic heterocycles. The molecule has 2 rings (SSSR count). The average molecular weight is 386 g/mol. The Bertz CT molecular complexity index is 736. The lowest BCUT2D eigenvalue weighted by atomic mass is 10.00. The summed E-state index contributed by atoms with van der Waals surface area (Å²) in [6.45, 7) is 1.64. The van der Waals surface area contributed by atoms with Gasteiger partial charge in [0.25, 0.3) is 5.91 Å². The molecule has 1 aromatic carbocycles. The number of hydrogen-bond donors (Lipinski definition) is 1. The van der Waals surface area contributed by atoms with Crippen LogP contribution in [0.4, 0.5) is 4.39 Å². The minimum atomic E-state index is -3.96. The summed E-state index contributed by atoms with van der Waals surface area (Å²) in [5.41, 5.74) is 0. The number of likely N-dealkylation sites (tertiary alicyclic amines) is 1. The van der Waals surface area contributed by atoms with Crippen LogP contribution in [0.1, 0.15) is 32.6 Å². The van der Waals surface area contributed by atoms with Crippen LogP contribution in [-0.4, -0.2) is 50.9 Å². The van der Waals surface area contributed by atoms with Gasteiger partial charge in [-0.2, -0.15) is 4.72 Å². The first-order valence-corrected chi connectivity index (χ1v) is 10.0. The van der Waals surface area contributed by atoms with Crippen molar-refractivity contribution < 1.29 is 27.1 Å². The van der Waals surface area contributed by atoms with E-state index in [-0.39, 0.29) is 16.8 Å². The number of amides is 1. The first-order chi connectivity index (χ1) is 12.3. The molecular weight excluding hydrogens is 363 g/mol. The quantitative estimate of drug-likeness (QED) is 0.716. The van der Waals surface area contributed by atoms with Crippen molar-refractivity contribution in [1.82, 2.24) is 9.62 Å². The van der Waals surface area contributed by atoms with Gasteiger partial charge in [-0.15, -0.1) is 0 Å². The van der Waals surface area contributed by atoms with E-state index in [1.54, 1.807) is 4.90 Å². The van der Waals surface area contributed by atoms with Crippen molar-refractivity contribution in [2.24, 2.45) is 0 Å². The van der Waals surface area contributed by atoms with Crippen LogP contribution in [0.5, 0.6) is 0 Å². The van der Waals surface area contributed by atoms with Crippen molar-refractivity contribution in [2.75, 3.05) is 19.7 Å². The van der Waals surface area contributed by atoms with Crippen molar-refractivity contribution in [1.29, 1.82) is 0 Å². The van der Waals surface area contributed by atoms with Crippen molar-refractivity contribution >= 4 is 21.9 Å². The summed E-state index contributed by atoms with van der Waals surface area (Å²) in [5, 5.41) is 0. The zero-order chi connectivity index (χ0) is 19.2. The fourth-order valence-electron chi connectivity index (χ4n) is 2.88. The van der Waals surface area contributed by atoms with Gasteiger partial charge in [0.15, 0.2) is 6.61 Å². The predicted octanol–water partition coefficient (Wildman–Crippen LogP) is 1.44. The number of halogens is 1. The van der Waals surface area contributed by atoms with Gasteiger partial charge in [0.2, 0.25) is 10.0 Å². The maximum Gasteiger partial charge on any atom is 0.321 e. The highest BCUT2D eigenvalue weighted by molar-refractivity contribution is 7.89. The Morgan fingerprint density at radius 1 is 1.27 bits per heavy atom. The molecule has 1 saturated heterocycles. The number of esters is 1. The van der Waals surface area contributed by atoms with Crippen molar-refractivity contribution in [2.45, 2.75) is 43.5 Å². The molecule has 0 radical (unpaired) electrons. The zero-order valence-electron chi connectivity index (χ0n) is 14.6. The Labute approximate surface area is 152 Å². The maximum absolute atomic E-state index is 12.8. The second-order valence-electron chi connectivity index (χ2n) is 6.08. The van der Waals surface area contributed by atoms with E-state index in [2.05, 4.69) is 4.72 Å². The number of nitrogens with one attached hydrogen (secondary N) is 1. The van der Waals surface area contributed by atoms with Gasteiger partial charge in [-0.1, -0.05) is 6.92 Å². The molecule has 1 atom stereocenters. The largest absolute Gasteiger partial charge is 0.455 e. The van der Waals surface area contributed by atoms with Crippen molar-refractivity contribution in [3.8, 4) is 0 Å². The molecule has 9 heteroatoms. The molecule has 26 heavy (non-hydrogen) atoms. The van der Waals surface area contributed by atoms with Gasteiger partial charge < -0.3 is 9.64 Å². The van der Waals surface area contributed by atoms with Gasteiger partial charge in [-0.05, 0) is 49.9 Å². The van der Waals surface area contributed by atoms with Crippen molar-refractivity contribution in [3.05, 3.63) is 30.1 Å². The van der Waals surface area contributed by atoms with Gasteiger partial charge in [0, 0.05) is 12.6 Å². The Balaban J connectivity index is 1.81. The molecule has 0 spiro atoms. The van der Waals surface area contributed by atoms with Gasteiger partial charge in [-0.3, -0.25) is 9.59 Å². The Morgan fingerprint density at radius 2 is 1.96 bits per heavy atom. The van der Waals surface area contributed by atoms with Gasteiger partial charge in [0.1, 0.15) is 12.4 Å². The average Bonchev–Trinajstić information content (AvgIpc) is 2.64. The smallest absolute Gasteiger partial charge is 0.321 e. The van der Waals surface area contributed by atoms with Gasteiger partial charge in [-0.25, -0.2) is 12.8 Å². The fourth-order valence-corrected chi connectivity index (χ4v) is 3.85. The highest BCUT2D eigenvalue weighted by atomic mass is 32.2. The van der Waals surface area contributed by atoms with Crippen LogP contribution in [0.25, 0.3) is 0 Å². The molecule has 1 heterocycles. The van der Waals surface area contributed by atoms with E-state index >= 15 is 0 Å².